The SMILES string of the molecule is [2H]c1c([2H])c([2H])c(-n2c3ccccc3c3ccccc32)c(N(c2ccc(-c3cccc(-c4ccc5ccccc5c4)c3)cc2)c2cccc3oc4c5ccccc5ccc4c23)c1[2H]. The Balaban J connectivity index is 1.12. The minimum atomic E-state index is -0.318. The summed E-state index contributed by atoms with van der Waals surface area (Å²) in [5.74, 6) is 0. The molecule has 0 aliphatic rings. The minimum absolute atomic E-state index is 0.139. The Morgan fingerprint density at radius 2 is 1.03 bits per heavy atom. The van der Waals surface area contributed by atoms with Crippen LogP contribution in [0.4, 0.5) is 17.1 Å². The maximum absolute atomic E-state index is 9.83. The van der Waals surface area contributed by atoms with Gasteiger partial charge in [-0.2, -0.15) is 0 Å². The molecule has 0 N–H and O–H groups in total. The summed E-state index contributed by atoms with van der Waals surface area (Å²) < 4.78 is 46.5. The van der Waals surface area contributed by atoms with Gasteiger partial charge in [0.25, 0.3) is 0 Å². The van der Waals surface area contributed by atoms with Crippen molar-refractivity contribution in [3.05, 3.63) is 218 Å². The first kappa shape index (κ1) is 29.4. The summed E-state index contributed by atoms with van der Waals surface area (Å²) in [4.78, 5) is 2.00. The molecule has 3 heteroatoms. The molecule has 0 fully saturated rings. The largest absolute Gasteiger partial charge is 0.455 e. The number of fused-ring (bicyclic) bond motifs is 9. The zero-order chi connectivity index (χ0) is 42.3. The van der Waals surface area contributed by atoms with Gasteiger partial charge in [-0.25, -0.2) is 0 Å². The lowest BCUT2D eigenvalue weighted by molar-refractivity contribution is 0.672. The fourth-order valence-electron chi connectivity index (χ4n) is 8.95. The predicted octanol–water partition coefficient (Wildman–Crippen LogP) is 15.8. The van der Waals surface area contributed by atoms with Crippen LogP contribution in [-0.4, -0.2) is 4.57 Å². The van der Waals surface area contributed by atoms with Gasteiger partial charge < -0.3 is 13.9 Å². The van der Waals surface area contributed by atoms with E-state index in [4.69, 9.17) is 5.79 Å². The summed E-state index contributed by atoms with van der Waals surface area (Å²) in [6.07, 6.45) is 0. The molecule has 12 rings (SSSR count). The van der Waals surface area contributed by atoms with Crippen LogP contribution in [0.25, 0.3) is 93.2 Å². The lowest BCUT2D eigenvalue weighted by atomic mass is 9.97. The lowest BCUT2D eigenvalue weighted by Gasteiger charge is -2.29. The molecule has 0 amide bonds. The standard InChI is InChI=1S/C56H36N2O/c1-2-15-40-36-43(28-27-37(40)13-1)42-17-11-16-41(35-42)38-29-32-44(33-30-38)57(53-25-12-26-54-55(53)48-34-31-39-14-3-4-18-45(39)56(48)59-54)51-23-9-10-24-52(51)58-49-21-7-5-19-46(49)47-20-6-8-22-50(47)58/h1-36H/i9D,10D,23D,24D. The highest BCUT2D eigenvalue weighted by Crippen LogP contribution is 2.47. The van der Waals surface area contributed by atoms with Gasteiger partial charge in [0, 0.05) is 27.2 Å². The van der Waals surface area contributed by atoms with Crippen LogP contribution in [0.5, 0.6) is 0 Å². The van der Waals surface area contributed by atoms with Crippen molar-refractivity contribution in [2.24, 2.45) is 0 Å². The van der Waals surface area contributed by atoms with Gasteiger partial charge in [-0.05, 0) is 105 Å². The van der Waals surface area contributed by atoms with Crippen molar-refractivity contribution in [3.8, 4) is 27.9 Å². The molecular weight excluding hydrogens is 717 g/mol. The molecule has 0 spiro atoms. The van der Waals surface area contributed by atoms with E-state index in [1.54, 1.807) is 0 Å². The molecular formula is C56H36N2O. The Morgan fingerprint density at radius 1 is 0.424 bits per heavy atom. The molecule has 3 nitrogen and oxygen atoms in total. The van der Waals surface area contributed by atoms with Crippen molar-refractivity contribution >= 4 is 82.4 Å². The number of benzene rings is 10. The quantitative estimate of drug-likeness (QED) is 0.168. The predicted molar refractivity (Wildman–Crippen MR) is 249 cm³/mol. The monoisotopic (exact) mass is 756 g/mol. The number of hydrogen-bond acceptors (Lipinski definition) is 2. The smallest absolute Gasteiger partial charge is 0.143 e. The average molecular weight is 757 g/mol. The van der Waals surface area contributed by atoms with E-state index in [0.29, 0.717) is 17.0 Å². The molecule has 0 atom stereocenters. The molecule has 0 radical (unpaired) electrons. The number of hydrogen-bond donors (Lipinski definition) is 0. The van der Waals surface area contributed by atoms with Crippen molar-refractivity contribution in [2.45, 2.75) is 0 Å². The van der Waals surface area contributed by atoms with Crippen LogP contribution < -0.4 is 4.90 Å². The molecule has 0 aliphatic heterocycles. The number of para-hydroxylation sites is 4. The van der Waals surface area contributed by atoms with Crippen LogP contribution >= 0.6 is 0 Å². The third kappa shape index (κ3) is 5.36. The van der Waals surface area contributed by atoms with E-state index < -0.39 is 0 Å². The van der Waals surface area contributed by atoms with E-state index in [1.807, 2.05) is 88.3 Å². The topological polar surface area (TPSA) is 21.3 Å². The second-order valence-corrected chi connectivity index (χ2v) is 15.0. The summed E-state index contributed by atoms with van der Waals surface area (Å²) in [5.41, 5.74) is 9.54. The van der Waals surface area contributed by atoms with Crippen LogP contribution in [-0.2, 0) is 0 Å². The van der Waals surface area contributed by atoms with E-state index in [9.17, 15) is 4.11 Å². The van der Waals surface area contributed by atoms with Gasteiger partial charge >= 0.3 is 0 Å². The van der Waals surface area contributed by atoms with Gasteiger partial charge in [0.1, 0.15) is 11.2 Å². The summed E-state index contributed by atoms with van der Waals surface area (Å²) in [6.45, 7) is 0. The molecule has 12 aromatic rings. The average Bonchev–Trinajstić information content (AvgIpc) is 3.89. The first-order chi connectivity index (χ1) is 30.9. The second-order valence-electron chi connectivity index (χ2n) is 15.0. The van der Waals surface area contributed by atoms with Crippen LogP contribution in [0.2, 0.25) is 0 Å². The van der Waals surface area contributed by atoms with Gasteiger partial charge in [-0.15, -0.1) is 0 Å². The van der Waals surface area contributed by atoms with Gasteiger partial charge in [0.15, 0.2) is 0 Å². The van der Waals surface area contributed by atoms with Crippen molar-refractivity contribution in [2.75, 3.05) is 4.90 Å². The Labute approximate surface area is 346 Å². The van der Waals surface area contributed by atoms with Crippen LogP contribution in [0.1, 0.15) is 5.48 Å². The first-order valence-corrected chi connectivity index (χ1v) is 19.8. The Bertz CT molecular complexity index is 3760. The van der Waals surface area contributed by atoms with Crippen LogP contribution in [0.15, 0.2) is 223 Å². The first-order valence-electron chi connectivity index (χ1n) is 21.8. The molecule has 0 unspecified atom stereocenters. The van der Waals surface area contributed by atoms with Gasteiger partial charge in [0.2, 0.25) is 0 Å². The van der Waals surface area contributed by atoms with Crippen LogP contribution in [0.3, 0.4) is 0 Å². The van der Waals surface area contributed by atoms with Crippen molar-refractivity contribution < 1.29 is 9.90 Å². The Hall–Kier alpha value is -7.88. The van der Waals surface area contributed by atoms with Gasteiger partial charge in [0.05, 0.1) is 39.0 Å². The second kappa shape index (κ2) is 13.4. The highest BCUT2D eigenvalue weighted by Gasteiger charge is 2.24. The normalized spacial score (nSPS) is 12.7. The van der Waals surface area contributed by atoms with Gasteiger partial charge in [-0.3, -0.25) is 0 Å². The number of aromatic nitrogens is 1. The molecule has 276 valence electrons. The van der Waals surface area contributed by atoms with Crippen molar-refractivity contribution in [3.63, 3.8) is 0 Å². The molecule has 0 aliphatic carbocycles. The summed E-state index contributed by atoms with van der Waals surface area (Å²) in [5, 5.41) is 8.18. The Morgan fingerprint density at radius 3 is 1.83 bits per heavy atom. The fraction of sp³-hybridized carbons (Fsp3) is 0. The number of anilines is 3. The van der Waals surface area contributed by atoms with Gasteiger partial charge in [-0.1, -0.05) is 152 Å². The molecule has 10 aromatic carbocycles. The maximum atomic E-state index is 9.83. The van der Waals surface area contributed by atoms with Crippen molar-refractivity contribution in [1.82, 2.24) is 4.57 Å². The van der Waals surface area contributed by atoms with E-state index >= 15 is 0 Å². The zero-order valence-electron chi connectivity index (χ0n) is 35.8. The molecule has 59 heavy (non-hydrogen) atoms. The van der Waals surface area contributed by atoms with E-state index in [2.05, 4.69) is 115 Å². The molecule has 0 saturated carbocycles. The third-order valence-electron chi connectivity index (χ3n) is 11.7. The summed E-state index contributed by atoms with van der Waals surface area (Å²) in [6, 6.07) is 65.3. The fourth-order valence-corrected chi connectivity index (χ4v) is 8.95. The minimum Gasteiger partial charge on any atom is -0.455 e. The summed E-state index contributed by atoms with van der Waals surface area (Å²) >= 11 is 0. The molecule has 0 bridgehead atoms. The molecule has 2 heterocycles. The number of rotatable bonds is 6. The van der Waals surface area contributed by atoms with E-state index in [-0.39, 0.29) is 24.2 Å². The number of nitrogens with zero attached hydrogens (tertiary/aromatic N) is 2. The highest BCUT2D eigenvalue weighted by molar-refractivity contribution is 6.20. The Kier molecular flexibility index (Phi) is 6.65. The summed E-state index contributed by atoms with van der Waals surface area (Å²) in [7, 11) is 0. The van der Waals surface area contributed by atoms with E-state index in [1.165, 1.54) is 10.8 Å². The third-order valence-corrected chi connectivity index (χ3v) is 11.7. The van der Waals surface area contributed by atoms with Crippen molar-refractivity contribution in [1.29, 1.82) is 0 Å². The number of furan rings is 1. The zero-order valence-corrected chi connectivity index (χ0v) is 31.8. The maximum Gasteiger partial charge on any atom is 0.143 e. The van der Waals surface area contributed by atoms with E-state index in [0.717, 1.165) is 82.6 Å². The lowest BCUT2D eigenvalue weighted by Crippen LogP contribution is -2.13. The highest BCUT2D eigenvalue weighted by atomic mass is 16.3. The molecule has 0 saturated heterocycles. The van der Waals surface area contributed by atoms with Crippen LogP contribution in [0, 0.1) is 0 Å². The molecule has 2 aromatic heterocycles.